The minimum Gasteiger partial charge on any atom is -0.497 e. The average molecular weight is 507 g/mol. The Labute approximate surface area is 201 Å². The molecule has 3 aromatic rings. The van der Waals surface area contributed by atoms with E-state index in [4.69, 9.17) is 16.3 Å². The summed E-state index contributed by atoms with van der Waals surface area (Å²) in [5.41, 5.74) is 1.58. The molecule has 11 heteroatoms. The number of hydrogen-bond acceptors (Lipinski definition) is 7. The number of thiazole rings is 1. The highest BCUT2D eigenvalue weighted by molar-refractivity contribution is 7.93. The molecule has 0 aliphatic carbocycles. The first-order chi connectivity index (χ1) is 15.8. The van der Waals surface area contributed by atoms with E-state index < -0.39 is 10.0 Å². The fraction of sp³-hybridized carbons (Fsp3) is 0.273. The Morgan fingerprint density at radius 2 is 1.70 bits per heavy atom. The SMILES string of the molecule is COc1ccc(N2CCN(C(=O)c3sc(NS(=O)(=O)c4ccc(Cl)cc4)nc3C)CC2)cc1. The van der Waals surface area contributed by atoms with Crippen LogP contribution in [0.3, 0.4) is 0 Å². The molecule has 0 spiro atoms. The van der Waals surface area contributed by atoms with Crippen molar-refractivity contribution in [1.29, 1.82) is 0 Å². The zero-order valence-corrected chi connectivity index (χ0v) is 20.5. The number of carbonyl (C=O) groups is 1. The van der Waals surface area contributed by atoms with E-state index >= 15 is 0 Å². The largest absolute Gasteiger partial charge is 0.497 e. The van der Waals surface area contributed by atoms with Gasteiger partial charge in [0, 0.05) is 36.9 Å². The van der Waals surface area contributed by atoms with Crippen LogP contribution in [0.15, 0.2) is 53.4 Å². The molecule has 1 N–H and O–H groups in total. The first-order valence-electron chi connectivity index (χ1n) is 10.2. The monoisotopic (exact) mass is 506 g/mol. The van der Waals surface area contributed by atoms with Gasteiger partial charge in [0.1, 0.15) is 10.6 Å². The van der Waals surface area contributed by atoms with E-state index in [1.54, 1.807) is 18.9 Å². The van der Waals surface area contributed by atoms with Crippen molar-refractivity contribution < 1.29 is 17.9 Å². The fourth-order valence-corrected chi connectivity index (χ4v) is 5.83. The van der Waals surface area contributed by atoms with Crippen molar-refractivity contribution in [3.05, 3.63) is 64.1 Å². The van der Waals surface area contributed by atoms with Gasteiger partial charge in [0.15, 0.2) is 5.13 Å². The van der Waals surface area contributed by atoms with Crippen molar-refractivity contribution in [2.75, 3.05) is 42.9 Å². The zero-order chi connectivity index (χ0) is 23.6. The van der Waals surface area contributed by atoms with Crippen LogP contribution in [0.1, 0.15) is 15.4 Å². The Morgan fingerprint density at radius 3 is 2.30 bits per heavy atom. The number of benzene rings is 2. The molecule has 0 atom stereocenters. The van der Waals surface area contributed by atoms with E-state index in [-0.39, 0.29) is 15.9 Å². The highest BCUT2D eigenvalue weighted by atomic mass is 35.5. The number of sulfonamides is 1. The van der Waals surface area contributed by atoms with E-state index in [1.807, 2.05) is 24.3 Å². The Morgan fingerprint density at radius 1 is 1.06 bits per heavy atom. The minimum absolute atomic E-state index is 0.0716. The summed E-state index contributed by atoms with van der Waals surface area (Å²) in [7, 11) is -2.19. The van der Waals surface area contributed by atoms with Crippen LogP contribution in [0.4, 0.5) is 10.8 Å². The minimum atomic E-state index is -3.83. The number of rotatable bonds is 6. The lowest BCUT2D eigenvalue weighted by Gasteiger charge is -2.36. The van der Waals surface area contributed by atoms with Crippen molar-refractivity contribution >= 4 is 49.7 Å². The Hall–Kier alpha value is -2.82. The third-order valence-electron chi connectivity index (χ3n) is 5.34. The maximum Gasteiger partial charge on any atom is 0.266 e. The second kappa shape index (κ2) is 9.58. The van der Waals surface area contributed by atoms with Crippen molar-refractivity contribution in [3.63, 3.8) is 0 Å². The van der Waals surface area contributed by atoms with Crippen LogP contribution < -0.4 is 14.4 Å². The summed E-state index contributed by atoms with van der Waals surface area (Å²) in [6.45, 7) is 4.23. The van der Waals surface area contributed by atoms with Gasteiger partial charge in [-0.3, -0.25) is 9.52 Å². The second-order valence-electron chi connectivity index (χ2n) is 7.47. The average Bonchev–Trinajstić information content (AvgIpc) is 3.18. The highest BCUT2D eigenvalue weighted by Crippen LogP contribution is 2.28. The highest BCUT2D eigenvalue weighted by Gasteiger charge is 2.27. The summed E-state index contributed by atoms with van der Waals surface area (Å²) < 4.78 is 32.9. The van der Waals surface area contributed by atoms with E-state index in [2.05, 4.69) is 14.6 Å². The molecule has 0 radical (unpaired) electrons. The van der Waals surface area contributed by atoms with Crippen molar-refractivity contribution in [3.8, 4) is 5.75 Å². The van der Waals surface area contributed by atoms with Gasteiger partial charge in [-0.15, -0.1) is 0 Å². The maximum absolute atomic E-state index is 13.1. The second-order valence-corrected chi connectivity index (χ2v) is 10.6. The molecule has 33 heavy (non-hydrogen) atoms. The lowest BCUT2D eigenvalue weighted by molar-refractivity contribution is 0.0750. The van der Waals surface area contributed by atoms with Gasteiger partial charge in [-0.25, -0.2) is 13.4 Å². The van der Waals surface area contributed by atoms with Gasteiger partial charge in [0.25, 0.3) is 15.9 Å². The van der Waals surface area contributed by atoms with Crippen LogP contribution >= 0.6 is 22.9 Å². The van der Waals surface area contributed by atoms with Crippen LogP contribution in [0.25, 0.3) is 0 Å². The fourth-order valence-electron chi connectivity index (χ4n) is 3.53. The maximum atomic E-state index is 13.1. The molecule has 174 valence electrons. The Kier molecular flexibility index (Phi) is 6.78. The van der Waals surface area contributed by atoms with E-state index in [0.717, 1.165) is 22.8 Å². The van der Waals surface area contributed by atoms with Gasteiger partial charge in [-0.1, -0.05) is 22.9 Å². The first-order valence-corrected chi connectivity index (χ1v) is 12.9. The number of aryl methyl sites for hydroxylation is 1. The van der Waals surface area contributed by atoms with Gasteiger partial charge in [-0.2, -0.15) is 0 Å². The van der Waals surface area contributed by atoms with Crippen molar-refractivity contribution in [2.24, 2.45) is 0 Å². The summed E-state index contributed by atoms with van der Waals surface area (Å²) in [4.78, 5) is 21.9. The lowest BCUT2D eigenvalue weighted by atomic mass is 10.2. The summed E-state index contributed by atoms with van der Waals surface area (Å²) in [5, 5.41) is 0.599. The molecule has 1 fully saturated rings. The van der Waals surface area contributed by atoms with Crippen molar-refractivity contribution in [1.82, 2.24) is 9.88 Å². The predicted octanol–water partition coefficient (Wildman–Crippen LogP) is 3.88. The number of piperazine rings is 1. The molecule has 1 aliphatic rings. The molecule has 2 aromatic carbocycles. The van der Waals surface area contributed by atoms with E-state index in [1.165, 1.54) is 24.3 Å². The van der Waals surface area contributed by atoms with Crippen LogP contribution in [0.5, 0.6) is 5.75 Å². The molecule has 1 aliphatic heterocycles. The van der Waals surface area contributed by atoms with Gasteiger partial charge >= 0.3 is 0 Å². The van der Waals surface area contributed by atoms with Crippen LogP contribution in [0, 0.1) is 6.92 Å². The lowest BCUT2D eigenvalue weighted by Crippen LogP contribution is -2.48. The molecule has 0 unspecified atom stereocenters. The molecule has 4 rings (SSSR count). The van der Waals surface area contributed by atoms with E-state index in [9.17, 15) is 13.2 Å². The van der Waals surface area contributed by atoms with Crippen molar-refractivity contribution in [2.45, 2.75) is 11.8 Å². The molecule has 1 saturated heterocycles. The van der Waals surface area contributed by atoms with Gasteiger partial charge in [-0.05, 0) is 55.5 Å². The first kappa shape index (κ1) is 23.3. The predicted molar refractivity (Wildman–Crippen MR) is 130 cm³/mol. The number of nitrogens with one attached hydrogen (secondary N) is 1. The molecular weight excluding hydrogens is 484 g/mol. The third kappa shape index (κ3) is 5.23. The number of amides is 1. The third-order valence-corrected chi connectivity index (χ3v) is 8.14. The summed E-state index contributed by atoms with van der Waals surface area (Å²) in [5.74, 6) is 0.659. The smallest absolute Gasteiger partial charge is 0.266 e. The topological polar surface area (TPSA) is 91.8 Å². The number of nitrogens with zero attached hydrogens (tertiary/aromatic N) is 3. The summed E-state index contributed by atoms with van der Waals surface area (Å²) in [6, 6.07) is 13.7. The van der Waals surface area contributed by atoms with Gasteiger partial charge < -0.3 is 14.5 Å². The van der Waals surface area contributed by atoms with Crippen LogP contribution in [0.2, 0.25) is 5.02 Å². The summed E-state index contributed by atoms with van der Waals surface area (Å²) in [6.07, 6.45) is 0. The number of methoxy groups -OCH3 is 1. The molecular formula is C22H23ClN4O4S2. The normalized spacial score (nSPS) is 14.3. The number of hydrogen-bond donors (Lipinski definition) is 1. The number of carbonyl (C=O) groups excluding carboxylic acids is 1. The molecule has 8 nitrogen and oxygen atoms in total. The van der Waals surface area contributed by atoms with Gasteiger partial charge in [0.2, 0.25) is 0 Å². The Bertz CT molecular complexity index is 1240. The molecule has 0 saturated carbocycles. The quantitative estimate of drug-likeness (QED) is 0.545. The van der Waals surface area contributed by atoms with Gasteiger partial charge in [0.05, 0.1) is 17.7 Å². The molecule has 2 heterocycles. The van der Waals surface area contributed by atoms with Crippen LogP contribution in [-0.2, 0) is 10.0 Å². The Balaban J connectivity index is 1.41. The zero-order valence-electron chi connectivity index (χ0n) is 18.1. The standard InChI is InChI=1S/C22H23ClN4O4S2/c1-15-20(32-22(24-15)25-33(29,30)19-9-3-16(23)4-10-19)21(28)27-13-11-26(12-14-27)17-5-7-18(31-2)8-6-17/h3-10H,11-14H2,1-2H3,(H,24,25). The molecule has 1 aromatic heterocycles. The molecule has 0 bridgehead atoms. The number of ether oxygens (including phenoxy) is 1. The van der Waals surface area contributed by atoms with E-state index in [0.29, 0.717) is 41.8 Å². The number of aromatic nitrogens is 1. The van der Waals surface area contributed by atoms with Crippen LogP contribution in [-0.4, -0.2) is 57.5 Å². The number of halogens is 1. The number of anilines is 2. The summed E-state index contributed by atoms with van der Waals surface area (Å²) >= 11 is 6.88. The molecule has 1 amide bonds.